The molecule has 2 aliphatic rings. The first-order valence-corrected chi connectivity index (χ1v) is 11.5. The summed E-state index contributed by atoms with van der Waals surface area (Å²) in [5.74, 6) is 0.867. The molecule has 1 aliphatic heterocycles. The van der Waals surface area contributed by atoms with Crippen molar-refractivity contribution in [3.63, 3.8) is 0 Å². The summed E-state index contributed by atoms with van der Waals surface area (Å²) in [4.78, 5) is 28.4. The molecule has 162 valence electrons. The molecule has 0 spiro atoms. The van der Waals surface area contributed by atoms with Crippen molar-refractivity contribution in [2.24, 2.45) is 5.92 Å². The third-order valence-corrected chi connectivity index (χ3v) is 7.55. The van der Waals surface area contributed by atoms with Crippen molar-refractivity contribution in [1.82, 2.24) is 10.2 Å². The van der Waals surface area contributed by atoms with E-state index in [4.69, 9.17) is 4.74 Å². The van der Waals surface area contributed by atoms with Crippen LogP contribution in [0, 0.1) is 5.92 Å². The summed E-state index contributed by atoms with van der Waals surface area (Å²) in [5.41, 5.74) is 2.08. The molecule has 1 saturated heterocycles. The lowest BCUT2D eigenvalue weighted by molar-refractivity contribution is -0.132. The smallest absolute Gasteiger partial charge is 0.260 e. The molecule has 4 rings (SSSR count). The van der Waals surface area contributed by atoms with Gasteiger partial charge in [-0.3, -0.25) is 9.59 Å². The standard InChI is InChI=1S/C25H28N2O3S/c1-27-21-15-19(24(28)26-16-18-8-11-20(30-2)12-9-18)10-13-22(21)31-23(25(27)29)14-17-6-4-3-5-7-17/h3-9,11-12,14,19,21-22H,10,13,15-16H2,1-2H3,(H,26,28)/b23-14+. The highest BCUT2D eigenvalue weighted by molar-refractivity contribution is 8.04. The van der Waals surface area contributed by atoms with E-state index in [1.165, 1.54) is 0 Å². The summed E-state index contributed by atoms with van der Waals surface area (Å²) in [5, 5.41) is 3.40. The molecule has 2 amide bonds. The number of nitrogens with zero attached hydrogens (tertiary/aromatic N) is 1. The molecule has 2 aromatic rings. The predicted octanol–water partition coefficient (Wildman–Crippen LogP) is 4.10. The van der Waals surface area contributed by atoms with Gasteiger partial charge in [0.15, 0.2) is 0 Å². The molecule has 31 heavy (non-hydrogen) atoms. The second kappa shape index (κ2) is 9.60. The lowest BCUT2D eigenvalue weighted by Crippen LogP contribution is -2.52. The van der Waals surface area contributed by atoms with Crippen LogP contribution in [0.5, 0.6) is 5.75 Å². The lowest BCUT2D eigenvalue weighted by Gasteiger charge is -2.44. The van der Waals surface area contributed by atoms with Crippen molar-refractivity contribution in [1.29, 1.82) is 0 Å². The Balaban J connectivity index is 1.36. The summed E-state index contributed by atoms with van der Waals surface area (Å²) in [6, 6.07) is 17.8. The number of benzene rings is 2. The summed E-state index contributed by atoms with van der Waals surface area (Å²) in [7, 11) is 3.51. The van der Waals surface area contributed by atoms with Gasteiger partial charge in [-0.15, -0.1) is 11.8 Å². The Morgan fingerprint density at radius 1 is 1.16 bits per heavy atom. The normalized spacial score (nSPS) is 24.6. The van der Waals surface area contributed by atoms with E-state index in [-0.39, 0.29) is 23.8 Å². The number of rotatable bonds is 5. The maximum atomic E-state index is 13.0. The summed E-state index contributed by atoms with van der Waals surface area (Å²) >= 11 is 1.68. The number of hydrogen-bond donors (Lipinski definition) is 1. The minimum absolute atomic E-state index is 0.0504. The number of thioether (sulfide) groups is 1. The second-order valence-corrected chi connectivity index (χ2v) is 9.42. The van der Waals surface area contributed by atoms with Crippen LogP contribution in [0.1, 0.15) is 30.4 Å². The Labute approximate surface area is 187 Å². The molecular formula is C25H28N2O3S. The molecule has 6 heteroatoms. The van der Waals surface area contributed by atoms with Gasteiger partial charge in [0, 0.05) is 30.8 Å². The van der Waals surface area contributed by atoms with Crippen molar-refractivity contribution in [2.45, 2.75) is 37.1 Å². The zero-order chi connectivity index (χ0) is 21.8. The molecular weight excluding hydrogens is 408 g/mol. The van der Waals surface area contributed by atoms with E-state index in [1.54, 1.807) is 18.9 Å². The zero-order valence-electron chi connectivity index (χ0n) is 17.9. The Morgan fingerprint density at radius 3 is 2.61 bits per heavy atom. The van der Waals surface area contributed by atoms with E-state index in [1.807, 2.05) is 72.6 Å². The minimum atomic E-state index is -0.0602. The van der Waals surface area contributed by atoms with Gasteiger partial charge in [-0.05, 0) is 48.6 Å². The van der Waals surface area contributed by atoms with Gasteiger partial charge in [0.25, 0.3) is 5.91 Å². The fourth-order valence-corrected chi connectivity index (χ4v) is 5.79. The van der Waals surface area contributed by atoms with Crippen LogP contribution < -0.4 is 10.1 Å². The topological polar surface area (TPSA) is 58.6 Å². The number of methoxy groups -OCH3 is 1. The number of nitrogens with one attached hydrogen (secondary N) is 1. The number of ether oxygens (including phenoxy) is 1. The van der Waals surface area contributed by atoms with Crippen molar-refractivity contribution in [2.75, 3.05) is 14.2 Å². The van der Waals surface area contributed by atoms with Crippen LogP contribution in [0.2, 0.25) is 0 Å². The van der Waals surface area contributed by atoms with E-state index in [0.717, 1.165) is 34.6 Å². The maximum absolute atomic E-state index is 13.0. The Kier molecular flexibility index (Phi) is 6.66. The quantitative estimate of drug-likeness (QED) is 0.717. The van der Waals surface area contributed by atoms with Crippen LogP contribution in [0.3, 0.4) is 0 Å². The summed E-state index contributed by atoms with van der Waals surface area (Å²) in [6.45, 7) is 0.501. The average Bonchev–Trinajstić information content (AvgIpc) is 2.81. The van der Waals surface area contributed by atoms with Crippen molar-refractivity contribution < 1.29 is 14.3 Å². The number of hydrogen-bond acceptors (Lipinski definition) is 4. The summed E-state index contributed by atoms with van der Waals surface area (Å²) in [6.07, 6.45) is 4.48. The SMILES string of the molecule is COc1ccc(CNC(=O)C2CCC3S/C(=C/c4ccccc4)C(=O)N(C)C3C2)cc1. The van der Waals surface area contributed by atoms with Gasteiger partial charge in [0.2, 0.25) is 5.91 Å². The van der Waals surface area contributed by atoms with Crippen molar-refractivity contribution >= 4 is 29.7 Å². The zero-order valence-corrected chi connectivity index (χ0v) is 18.7. The minimum Gasteiger partial charge on any atom is -0.497 e. The fraction of sp³-hybridized carbons (Fsp3) is 0.360. The highest BCUT2D eigenvalue weighted by Crippen LogP contribution is 2.43. The van der Waals surface area contributed by atoms with Crippen LogP contribution in [-0.2, 0) is 16.1 Å². The largest absolute Gasteiger partial charge is 0.497 e. The molecule has 5 nitrogen and oxygen atoms in total. The lowest BCUT2D eigenvalue weighted by atomic mass is 9.83. The fourth-order valence-electron chi connectivity index (χ4n) is 4.31. The van der Waals surface area contributed by atoms with Crippen LogP contribution in [0.4, 0.5) is 0 Å². The Hall–Kier alpha value is -2.73. The third-order valence-electron chi connectivity index (χ3n) is 6.16. The molecule has 1 saturated carbocycles. The first-order valence-electron chi connectivity index (χ1n) is 10.7. The van der Waals surface area contributed by atoms with Gasteiger partial charge in [-0.2, -0.15) is 0 Å². The number of likely N-dealkylation sites (N-methyl/N-ethyl adjacent to an activating group) is 1. The van der Waals surface area contributed by atoms with E-state index >= 15 is 0 Å². The molecule has 0 aromatic heterocycles. The van der Waals surface area contributed by atoms with Gasteiger partial charge in [-0.25, -0.2) is 0 Å². The van der Waals surface area contributed by atoms with Gasteiger partial charge < -0.3 is 15.0 Å². The van der Waals surface area contributed by atoms with Gasteiger partial charge in [0.05, 0.1) is 12.0 Å². The van der Waals surface area contributed by atoms with E-state index in [0.29, 0.717) is 18.2 Å². The molecule has 1 N–H and O–H groups in total. The first kappa shape index (κ1) is 21.5. The highest BCUT2D eigenvalue weighted by atomic mass is 32.2. The molecule has 0 radical (unpaired) electrons. The molecule has 3 unspecified atom stereocenters. The van der Waals surface area contributed by atoms with E-state index < -0.39 is 0 Å². The second-order valence-electron chi connectivity index (χ2n) is 8.13. The van der Waals surface area contributed by atoms with E-state index in [2.05, 4.69) is 5.32 Å². The molecule has 2 aromatic carbocycles. The monoisotopic (exact) mass is 436 g/mol. The third kappa shape index (κ3) is 4.96. The number of fused-ring (bicyclic) bond motifs is 1. The van der Waals surface area contributed by atoms with Crippen molar-refractivity contribution in [3.8, 4) is 5.75 Å². The number of amides is 2. The van der Waals surface area contributed by atoms with Crippen LogP contribution >= 0.6 is 11.8 Å². The van der Waals surface area contributed by atoms with Crippen LogP contribution in [0.25, 0.3) is 6.08 Å². The number of carbonyl (C=O) groups excluding carboxylic acids is 2. The van der Waals surface area contributed by atoms with Gasteiger partial charge in [-0.1, -0.05) is 42.5 Å². The number of carbonyl (C=O) groups is 2. The average molecular weight is 437 g/mol. The van der Waals surface area contributed by atoms with Gasteiger partial charge >= 0.3 is 0 Å². The summed E-state index contributed by atoms with van der Waals surface area (Å²) < 4.78 is 5.17. The first-order chi connectivity index (χ1) is 15.0. The van der Waals surface area contributed by atoms with Crippen LogP contribution in [0.15, 0.2) is 59.5 Å². The Bertz CT molecular complexity index is 958. The highest BCUT2D eigenvalue weighted by Gasteiger charge is 2.42. The van der Waals surface area contributed by atoms with Crippen molar-refractivity contribution in [3.05, 3.63) is 70.6 Å². The van der Waals surface area contributed by atoms with Gasteiger partial charge in [0.1, 0.15) is 5.75 Å². The molecule has 1 aliphatic carbocycles. The van der Waals surface area contributed by atoms with E-state index in [9.17, 15) is 9.59 Å². The molecule has 0 bridgehead atoms. The Morgan fingerprint density at radius 2 is 1.90 bits per heavy atom. The predicted molar refractivity (Wildman–Crippen MR) is 125 cm³/mol. The molecule has 2 fully saturated rings. The van der Waals surface area contributed by atoms with Crippen LogP contribution in [-0.4, -0.2) is 42.2 Å². The molecule has 1 heterocycles. The molecule has 3 atom stereocenters. The maximum Gasteiger partial charge on any atom is 0.260 e.